The monoisotopic (exact) mass is 345 g/mol. The molecule has 6 heteroatoms. The van der Waals surface area contributed by atoms with E-state index in [4.69, 9.17) is 9.72 Å². The van der Waals surface area contributed by atoms with Crippen molar-refractivity contribution in [2.75, 3.05) is 38.2 Å². The summed E-state index contributed by atoms with van der Waals surface area (Å²) in [6, 6.07) is 2.26. The molecule has 6 nitrogen and oxygen atoms in total. The number of aryl methyl sites for hydroxylation is 1. The Kier molecular flexibility index (Phi) is 4.82. The van der Waals surface area contributed by atoms with Gasteiger partial charge >= 0.3 is 6.01 Å². The summed E-state index contributed by atoms with van der Waals surface area (Å²) in [5, 5.41) is 3.70. The highest BCUT2D eigenvalue weighted by atomic mass is 16.5. The van der Waals surface area contributed by atoms with Gasteiger partial charge in [-0.15, -0.1) is 0 Å². The van der Waals surface area contributed by atoms with Gasteiger partial charge in [0.2, 0.25) is 0 Å². The molecule has 3 aliphatic heterocycles. The summed E-state index contributed by atoms with van der Waals surface area (Å²) < 4.78 is 6.04. The minimum Gasteiger partial charge on any atom is -0.462 e. The van der Waals surface area contributed by atoms with Crippen LogP contribution in [0.3, 0.4) is 0 Å². The zero-order valence-corrected chi connectivity index (χ0v) is 15.8. The van der Waals surface area contributed by atoms with E-state index < -0.39 is 0 Å². The van der Waals surface area contributed by atoms with Crippen molar-refractivity contribution in [2.45, 2.75) is 64.1 Å². The number of nitrogens with zero attached hydrogens (tertiary/aromatic N) is 4. The number of aromatic nitrogens is 2. The lowest BCUT2D eigenvalue weighted by molar-refractivity contribution is 0.187. The third kappa shape index (κ3) is 3.47. The second-order valence-electron chi connectivity index (χ2n) is 7.88. The van der Waals surface area contributed by atoms with Gasteiger partial charge in [0.1, 0.15) is 12.4 Å². The van der Waals surface area contributed by atoms with Gasteiger partial charge in [-0.1, -0.05) is 6.92 Å². The zero-order chi connectivity index (χ0) is 17.4. The molecule has 0 radical (unpaired) electrons. The van der Waals surface area contributed by atoms with Crippen molar-refractivity contribution in [2.24, 2.45) is 0 Å². The average Bonchev–Trinajstić information content (AvgIpc) is 3.17. The third-order valence-corrected chi connectivity index (χ3v) is 6.12. The first-order valence-corrected chi connectivity index (χ1v) is 9.85. The van der Waals surface area contributed by atoms with Crippen LogP contribution in [0, 0.1) is 6.92 Å². The zero-order valence-electron chi connectivity index (χ0n) is 15.8. The number of nitrogens with one attached hydrogen (secondary N) is 1. The quantitative estimate of drug-likeness (QED) is 0.878. The molecule has 3 atom stereocenters. The summed E-state index contributed by atoms with van der Waals surface area (Å²) in [6.45, 7) is 8.23. The lowest BCUT2D eigenvalue weighted by atomic mass is 10.1. The number of hydrogen-bond donors (Lipinski definition) is 1. The first-order valence-electron chi connectivity index (χ1n) is 9.85. The molecule has 1 N–H and O–H groups in total. The second-order valence-corrected chi connectivity index (χ2v) is 7.88. The highest BCUT2D eigenvalue weighted by Gasteiger charge is 2.34. The molecule has 1 aromatic rings. The number of ether oxygens (including phenoxy) is 1. The maximum Gasteiger partial charge on any atom is 0.318 e. The number of anilines is 1. The van der Waals surface area contributed by atoms with E-state index in [0.29, 0.717) is 30.7 Å². The molecular weight excluding hydrogens is 314 g/mol. The Hall–Kier alpha value is -1.40. The summed E-state index contributed by atoms with van der Waals surface area (Å²) in [6.07, 6.45) is 5.99. The molecule has 25 heavy (non-hydrogen) atoms. The van der Waals surface area contributed by atoms with Gasteiger partial charge in [0, 0.05) is 42.5 Å². The first kappa shape index (κ1) is 17.0. The Labute approximate surface area is 151 Å². The molecule has 3 fully saturated rings. The topological polar surface area (TPSA) is 53.5 Å². The number of rotatable bonds is 5. The van der Waals surface area contributed by atoms with Crippen molar-refractivity contribution in [3.8, 4) is 6.01 Å². The Bertz CT molecular complexity index is 610. The number of piperazine rings is 1. The smallest absolute Gasteiger partial charge is 0.318 e. The Balaban J connectivity index is 1.53. The van der Waals surface area contributed by atoms with Crippen LogP contribution in [0.5, 0.6) is 6.01 Å². The SMILES string of the molecule is CCc1c(C)nc(OC[C@@H]2CCCN2C)nc1N1CC2CCC(C1)N2. The van der Waals surface area contributed by atoms with Crippen LogP contribution in [-0.2, 0) is 6.42 Å². The van der Waals surface area contributed by atoms with Gasteiger partial charge in [-0.3, -0.25) is 0 Å². The average molecular weight is 345 g/mol. The van der Waals surface area contributed by atoms with E-state index in [0.717, 1.165) is 37.6 Å². The lowest BCUT2D eigenvalue weighted by Crippen LogP contribution is -2.51. The van der Waals surface area contributed by atoms with Gasteiger partial charge in [0.15, 0.2) is 0 Å². The van der Waals surface area contributed by atoms with Gasteiger partial charge in [0.05, 0.1) is 0 Å². The molecule has 0 spiro atoms. The van der Waals surface area contributed by atoms with Crippen LogP contribution in [-0.4, -0.2) is 66.3 Å². The lowest BCUT2D eigenvalue weighted by Gasteiger charge is -2.35. The molecular formula is C19H31N5O. The van der Waals surface area contributed by atoms with E-state index in [2.05, 4.69) is 41.0 Å². The molecule has 4 heterocycles. The molecule has 1 aromatic heterocycles. The summed E-state index contributed by atoms with van der Waals surface area (Å²) in [5.74, 6) is 1.10. The highest BCUT2D eigenvalue weighted by Crippen LogP contribution is 2.29. The number of fused-ring (bicyclic) bond motifs is 2. The molecule has 0 saturated carbocycles. The van der Waals surface area contributed by atoms with Crippen molar-refractivity contribution >= 4 is 5.82 Å². The second kappa shape index (κ2) is 7.08. The van der Waals surface area contributed by atoms with Crippen molar-refractivity contribution in [3.05, 3.63) is 11.3 Å². The molecule has 3 saturated heterocycles. The predicted octanol–water partition coefficient (Wildman–Crippen LogP) is 1.76. The van der Waals surface area contributed by atoms with Crippen LogP contribution < -0.4 is 15.0 Å². The third-order valence-electron chi connectivity index (χ3n) is 6.12. The summed E-state index contributed by atoms with van der Waals surface area (Å²) in [7, 11) is 2.18. The number of hydrogen-bond acceptors (Lipinski definition) is 6. The van der Waals surface area contributed by atoms with E-state index in [1.54, 1.807) is 0 Å². The minimum atomic E-state index is 0.494. The predicted molar refractivity (Wildman–Crippen MR) is 99.5 cm³/mol. The van der Waals surface area contributed by atoms with Crippen molar-refractivity contribution in [1.29, 1.82) is 0 Å². The van der Waals surface area contributed by atoms with E-state index in [1.807, 2.05) is 0 Å². The van der Waals surface area contributed by atoms with Crippen LogP contribution >= 0.6 is 0 Å². The maximum atomic E-state index is 6.04. The number of likely N-dealkylation sites (tertiary alicyclic amines) is 1. The molecule has 0 aliphatic carbocycles. The molecule has 0 aromatic carbocycles. The Morgan fingerprint density at radius 2 is 1.92 bits per heavy atom. The minimum absolute atomic E-state index is 0.494. The van der Waals surface area contributed by atoms with Crippen LogP contribution in [0.1, 0.15) is 43.9 Å². The van der Waals surface area contributed by atoms with E-state index in [-0.39, 0.29) is 0 Å². The molecule has 3 aliphatic rings. The molecule has 4 rings (SSSR count). The van der Waals surface area contributed by atoms with Crippen LogP contribution in [0.15, 0.2) is 0 Å². The normalized spacial score (nSPS) is 29.4. The van der Waals surface area contributed by atoms with Crippen LogP contribution in [0.25, 0.3) is 0 Å². The van der Waals surface area contributed by atoms with Crippen LogP contribution in [0.2, 0.25) is 0 Å². The molecule has 138 valence electrons. The van der Waals surface area contributed by atoms with Crippen molar-refractivity contribution < 1.29 is 4.74 Å². The van der Waals surface area contributed by atoms with E-state index in [1.165, 1.54) is 31.2 Å². The Morgan fingerprint density at radius 3 is 2.56 bits per heavy atom. The van der Waals surface area contributed by atoms with E-state index >= 15 is 0 Å². The van der Waals surface area contributed by atoms with Crippen molar-refractivity contribution in [1.82, 2.24) is 20.2 Å². The van der Waals surface area contributed by atoms with Gasteiger partial charge in [-0.2, -0.15) is 4.98 Å². The largest absolute Gasteiger partial charge is 0.462 e. The first-order chi connectivity index (χ1) is 12.1. The van der Waals surface area contributed by atoms with E-state index in [9.17, 15) is 0 Å². The summed E-state index contributed by atoms with van der Waals surface area (Å²) in [4.78, 5) is 14.3. The molecule has 2 unspecified atom stereocenters. The number of likely N-dealkylation sites (N-methyl/N-ethyl adjacent to an activating group) is 1. The standard InChI is InChI=1S/C19H31N5O/c1-4-17-13(2)20-19(25-12-16-6-5-9-23(16)3)22-18(17)24-10-14-7-8-15(11-24)21-14/h14-16,21H,4-12H2,1-3H3/t14?,15?,16-/m0/s1. The highest BCUT2D eigenvalue weighted by molar-refractivity contribution is 5.51. The molecule has 0 amide bonds. The Morgan fingerprint density at radius 1 is 1.16 bits per heavy atom. The summed E-state index contributed by atoms with van der Waals surface area (Å²) in [5.41, 5.74) is 2.33. The fourth-order valence-electron chi connectivity index (χ4n) is 4.63. The van der Waals surface area contributed by atoms with Crippen molar-refractivity contribution in [3.63, 3.8) is 0 Å². The van der Waals surface area contributed by atoms with Gasteiger partial charge in [-0.25, -0.2) is 4.98 Å². The fraction of sp³-hybridized carbons (Fsp3) is 0.789. The molecule has 2 bridgehead atoms. The fourth-order valence-corrected chi connectivity index (χ4v) is 4.63. The van der Waals surface area contributed by atoms with Gasteiger partial charge in [-0.05, 0) is 52.6 Å². The summed E-state index contributed by atoms with van der Waals surface area (Å²) >= 11 is 0. The van der Waals surface area contributed by atoms with Crippen LogP contribution in [0.4, 0.5) is 5.82 Å². The van der Waals surface area contributed by atoms with Gasteiger partial charge < -0.3 is 19.9 Å². The maximum absolute atomic E-state index is 6.04. The van der Waals surface area contributed by atoms with Gasteiger partial charge in [0.25, 0.3) is 0 Å².